The summed E-state index contributed by atoms with van der Waals surface area (Å²) in [5.74, 6) is 1.63. The maximum atomic E-state index is 5.10. The fourth-order valence-electron chi connectivity index (χ4n) is 1.45. The topological polar surface area (TPSA) is 36.3 Å². The first-order valence-corrected chi connectivity index (χ1v) is 5.01. The third kappa shape index (κ3) is 2.34. The molecule has 2 aromatic rings. The molecular formula is C12H14N2O2. The van der Waals surface area contributed by atoms with Crippen LogP contribution in [0.3, 0.4) is 0 Å². The SMILES string of the molecule is COc1ccc(Cn2cc(OC)cn2)cc1. The van der Waals surface area contributed by atoms with Crippen LogP contribution in [0.25, 0.3) is 0 Å². The predicted molar refractivity (Wildman–Crippen MR) is 60.9 cm³/mol. The second kappa shape index (κ2) is 4.70. The number of methoxy groups -OCH3 is 2. The Morgan fingerprint density at radius 3 is 2.31 bits per heavy atom. The van der Waals surface area contributed by atoms with E-state index in [1.165, 1.54) is 5.56 Å². The normalized spacial score (nSPS) is 10.1. The van der Waals surface area contributed by atoms with Crippen molar-refractivity contribution >= 4 is 0 Å². The lowest BCUT2D eigenvalue weighted by molar-refractivity contribution is 0.413. The van der Waals surface area contributed by atoms with Crippen LogP contribution in [-0.4, -0.2) is 24.0 Å². The Balaban J connectivity index is 2.08. The number of aromatic nitrogens is 2. The highest BCUT2D eigenvalue weighted by atomic mass is 16.5. The molecule has 0 atom stereocenters. The van der Waals surface area contributed by atoms with Gasteiger partial charge in [0, 0.05) is 0 Å². The van der Waals surface area contributed by atoms with E-state index >= 15 is 0 Å². The number of ether oxygens (including phenoxy) is 2. The molecular weight excluding hydrogens is 204 g/mol. The Kier molecular flexibility index (Phi) is 3.10. The monoisotopic (exact) mass is 218 g/mol. The highest BCUT2D eigenvalue weighted by Gasteiger charge is 1.99. The quantitative estimate of drug-likeness (QED) is 0.787. The fourth-order valence-corrected chi connectivity index (χ4v) is 1.45. The van der Waals surface area contributed by atoms with E-state index in [1.54, 1.807) is 20.4 Å². The smallest absolute Gasteiger partial charge is 0.156 e. The van der Waals surface area contributed by atoms with Crippen molar-refractivity contribution in [1.29, 1.82) is 0 Å². The van der Waals surface area contributed by atoms with Crippen LogP contribution in [0.5, 0.6) is 11.5 Å². The summed E-state index contributed by atoms with van der Waals surface area (Å²) >= 11 is 0. The molecule has 0 aliphatic rings. The van der Waals surface area contributed by atoms with Crippen molar-refractivity contribution in [2.45, 2.75) is 6.54 Å². The minimum atomic E-state index is 0.730. The molecule has 2 rings (SSSR count). The van der Waals surface area contributed by atoms with Crippen molar-refractivity contribution in [2.75, 3.05) is 14.2 Å². The molecule has 0 N–H and O–H groups in total. The van der Waals surface area contributed by atoms with E-state index < -0.39 is 0 Å². The number of hydrogen-bond donors (Lipinski definition) is 0. The maximum Gasteiger partial charge on any atom is 0.156 e. The fraction of sp³-hybridized carbons (Fsp3) is 0.250. The van der Waals surface area contributed by atoms with Gasteiger partial charge in [0.2, 0.25) is 0 Å². The first-order chi connectivity index (χ1) is 7.81. The highest BCUT2D eigenvalue weighted by molar-refractivity contribution is 5.27. The molecule has 4 nitrogen and oxygen atoms in total. The van der Waals surface area contributed by atoms with Gasteiger partial charge in [-0.25, -0.2) is 0 Å². The van der Waals surface area contributed by atoms with E-state index in [1.807, 2.05) is 35.1 Å². The summed E-state index contributed by atoms with van der Waals surface area (Å²) < 4.78 is 12.0. The molecule has 0 aliphatic carbocycles. The minimum absolute atomic E-state index is 0.730. The van der Waals surface area contributed by atoms with Gasteiger partial charge in [0.1, 0.15) is 5.75 Å². The predicted octanol–water partition coefficient (Wildman–Crippen LogP) is 1.95. The zero-order valence-corrected chi connectivity index (χ0v) is 9.38. The third-order valence-electron chi connectivity index (χ3n) is 2.35. The number of benzene rings is 1. The third-order valence-corrected chi connectivity index (χ3v) is 2.35. The lowest BCUT2D eigenvalue weighted by Gasteiger charge is -2.03. The summed E-state index contributed by atoms with van der Waals surface area (Å²) in [6.45, 7) is 0.730. The van der Waals surface area contributed by atoms with E-state index in [4.69, 9.17) is 9.47 Å². The molecule has 84 valence electrons. The largest absolute Gasteiger partial charge is 0.497 e. The highest BCUT2D eigenvalue weighted by Crippen LogP contribution is 2.13. The van der Waals surface area contributed by atoms with Crippen molar-refractivity contribution in [1.82, 2.24) is 9.78 Å². The van der Waals surface area contributed by atoms with Crippen LogP contribution in [0.4, 0.5) is 0 Å². The molecule has 0 radical (unpaired) electrons. The Labute approximate surface area is 94.4 Å². The zero-order valence-electron chi connectivity index (χ0n) is 9.38. The van der Waals surface area contributed by atoms with Crippen LogP contribution in [0.15, 0.2) is 36.7 Å². The molecule has 0 aliphatic heterocycles. The molecule has 0 amide bonds. The lowest BCUT2D eigenvalue weighted by atomic mass is 10.2. The van der Waals surface area contributed by atoms with Gasteiger partial charge in [0.15, 0.2) is 5.75 Å². The van der Waals surface area contributed by atoms with Crippen molar-refractivity contribution in [3.8, 4) is 11.5 Å². The Bertz CT molecular complexity index is 448. The van der Waals surface area contributed by atoms with Crippen LogP contribution in [0, 0.1) is 0 Å². The van der Waals surface area contributed by atoms with E-state index in [9.17, 15) is 0 Å². The van der Waals surface area contributed by atoms with Gasteiger partial charge in [-0.1, -0.05) is 12.1 Å². The molecule has 4 heteroatoms. The van der Waals surface area contributed by atoms with E-state index in [-0.39, 0.29) is 0 Å². The summed E-state index contributed by atoms with van der Waals surface area (Å²) in [6.07, 6.45) is 3.56. The first kappa shape index (κ1) is 10.5. The van der Waals surface area contributed by atoms with Crippen LogP contribution >= 0.6 is 0 Å². The van der Waals surface area contributed by atoms with Gasteiger partial charge in [-0.15, -0.1) is 0 Å². The molecule has 16 heavy (non-hydrogen) atoms. The molecule has 0 saturated carbocycles. The number of nitrogens with zero attached hydrogens (tertiary/aromatic N) is 2. The first-order valence-electron chi connectivity index (χ1n) is 5.01. The van der Waals surface area contributed by atoms with Gasteiger partial charge in [-0.2, -0.15) is 5.10 Å². The average molecular weight is 218 g/mol. The van der Waals surface area contributed by atoms with E-state index in [0.717, 1.165) is 18.0 Å². The van der Waals surface area contributed by atoms with Crippen LogP contribution < -0.4 is 9.47 Å². The van der Waals surface area contributed by atoms with Crippen LogP contribution in [0.1, 0.15) is 5.56 Å². The van der Waals surface area contributed by atoms with Crippen LogP contribution in [-0.2, 0) is 6.54 Å². The Morgan fingerprint density at radius 1 is 1.06 bits per heavy atom. The van der Waals surface area contributed by atoms with Gasteiger partial charge in [0.05, 0.1) is 33.2 Å². The second-order valence-corrected chi connectivity index (χ2v) is 3.43. The average Bonchev–Trinajstić information content (AvgIpc) is 2.78. The molecule has 0 fully saturated rings. The van der Waals surface area contributed by atoms with Crippen molar-refractivity contribution < 1.29 is 9.47 Å². The van der Waals surface area contributed by atoms with Crippen molar-refractivity contribution in [3.05, 3.63) is 42.2 Å². The van der Waals surface area contributed by atoms with Gasteiger partial charge < -0.3 is 9.47 Å². The summed E-state index contributed by atoms with van der Waals surface area (Å²) in [5.41, 5.74) is 1.17. The lowest BCUT2D eigenvalue weighted by Crippen LogP contribution is -1.99. The molecule has 0 bridgehead atoms. The molecule has 1 heterocycles. The Morgan fingerprint density at radius 2 is 1.75 bits per heavy atom. The van der Waals surface area contributed by atoms with Gasteiger partial charge in [-0.3, -0.25) is 4.68 Å². The van der Waals surface area contributed by atoms with Crippen molar-refractivity contribution in [3.63, 3.8) is 0 Å². The maximum absolute atomic E-state index is 5.10. The molecule has 0 spiro atoms. The number of hydrogen-bond acceptors (Lipinski definition) is 3. The number of rotatable bonds is 4. The standard InChI is InChI=1S/C12H14N2O2/c1-15-11-5-3-10(4-6-11)8-14-9-12(16-2)7-13-14/h3-7,9H,8H2,1-2H3. The van der Waals surface area contributed by atoms with Crippen molar-refractivity contribution in [2.24, 2.45) is 0 Å². The summed E-state index contributed by atoms with van der Waals surface area (Å²) in [7, 11) is 3.29. The van der Waals surface area contributed by atoms with Gasteiger partial charge in [0.25, 0.3) is 0 Å². The van der Waals surface area contributed by atoms with E-state index in [0.29, 0.717) is 0 Å². The van der Waals surface area contributed by atoms with Gasteiger partial charge >= 0.3 is 0 Å². The molecule has 1 aromatic heterocycles. The summed E-state index contributed by atoms with van der Waals surface area (Å²) in [6, 6.07) is 7.92. The molecule has 1 aromatic carbocycles. The molecule has 0 unspecified atom stereocenters. The van der Waals surface area contributed by atoms with Gasteiger partial charge in [-0.05, 0) is 17.7 Å². The zero-order chi connectivity index (χ0) is 11.4. The second-order valence-electron chi connectivity index (χ2n) is 3.43. The van der Waals surface area contributed by atoms with Crippen LogP contribution in [0.2, 0.25) is 0 Å². The summed E-state index contributed by atoms with van der Waals surface area (Å²) in [4.78, 5) is 0. The summed E-state index contributed by atoms with van der Waals surface area (Å²) in [5, 5.41) is 4.19. The molecule has 0 saturated heterocycles. The van der Waals surface area contributed by atoms with E-state index in [2.05, 4.69) is 5.10 Å². The Hall–Kier alpha value is -1.97. The minimum Gasteiger partial charge on any atom is -0.497 e.